The average molecular weight is 264 g/mol. The van der Waals surface area contributed by atoms with E-state index in [1.165, 1.54) is 0 Å². The van der Waals surface area contributed by atoms with E-state index in [0.29, 0.717) is 19.4 Å². The molecule has 0 aliphatic carbocycles. The fourth-order valence-electron chi connectivity index (χ4n) is 1.72. The van der Waals surface area contributed by atoms with E-state index in [1.807, 2.05) is 37.3 Å². The molecule has 0 bridgehead atoms. The van der Waals surface area contributed by atoms with Crippen molar-refractivity contribution in [2.75, 3.05) is 6.54 Å². The molecule has 0 radical (unpaired) electrons. The minimum Gasteiger partial charge on any atom is -0.480 e. The summed E-state index contributed by atoms with van der Waals surface area (Å²) in [5.41, 5.74) is 1.13. The predicted octanol–water partition coefficient (Wildman–Crippen LogP) is 1.78. The van der Waals surface area contributed by atoms with Crippen molar-refractivity contribution in [3.05, 3.63) is 35.9 Å². The van der Waals surface area contributed by atoms with Crippen molar-refractivity contribution < 1.29 is 14.7 Å². The van der Waals surface area contributed by atoms with Crippen LogP contribution in [-0.4, -0.2) is 29.7 Å². The second-order valence-corrected chi connectivity index (χ2v) is 4.32. The first kappa shape index (κ1) is 15.0. The number of amides is 2. The van der Waals surface area contributed by atoms with Gasteiger partial charge in [0.1, 0.15) is 6.04 Å². The van der Waals surface area contributed by atoms with Gasteiger partial charge < -0.3 is 15.7 Å². The van der Waals surface area contributed by atoms with Gasteiger partial charge in [-0.2, -0.15) is 0 Å². The summed E-state index contributed by atoms with van der Waals surface area (Å²) in [6, 6.07) is 8.53. The molecule has 3 N–H and O–H groups in total. The van der Waals surface area contributed by atoms with Crippen LogP contribution in [0.1, 0.15) is 25.3 Å². The lowest BCUT2D eigenvalue weighted by molar-refractivity contribution is -0.139. The molecule has 1 aromatic carbocycles. The summed E-state index contributed by atoms with van der Waals surface area (Å²) in [7, 11) is 0. The number of benzene rings is 1. The Morgan fingerprint density at radius 1 is 1.26 bits per heavy atom. The molecule has 104 valence electrons. The topological polar surface area (TPSA) is 78.4 Å². The summed E-state index contributed by atoms with van der Waals surface area (Å²) in [6.45, 7) is 2.36. The van der Waals surface area contributed by atoms with Gasteiger partial charge in [-0.25, -0.2) is 9.59 Å². The predicted molar refractivity (Wildman–Crippen MR) is 73.0 cm³/mol. The highest BCUT2D eigenvalue weighted by Gasteiger charge is 2.18. The summed E-state index contributed by atoms with van der Waals surface area (Å²) >= 11 is 0. The molecule has 5 nitrogen and oxygen atoms in total. The minimum absolute atomic E-state index is 0.432. The zero-order chi connectivity index (χ0) is 14.1. The number of aliphatic carboxylic acids is 1. The summed E-state index contributed by atoms with van der Waals surface area (Å²) in [6.07, 6.45) is 1.86. The molecule has 0 aliphatic heterocycles. The first-order valence-corrected chi connectivity index (χ1v) is 6.44. The third-order valence-corrected chi connectivity index (χ3v) is 2.72. The Bertz CT molecular complexity index is 406. The van der Waals surface area contributed by atoms with Crippen molar-refractivity contribution in [3.8, 4) is 0 Å². The lowest BCUT2D eigenvalue weighted by Gasteiger charge is -2.14. The smallest absolute Gasteiger partial charge is 0.326 e. The lowest BCUT2D eigenvalue weighted by Crippen LogP contribution is -2.46. The van der Waals surface area contributed by atoms with Crippen LogP contribution in [0, 0.1) is 0 Å². The normalized spacial score (nSPS) is 11.6. The fraction of sp³-hybridized carbons (Fsp3) is 0.429. The van der Waals surface area contributed by atoms with Crippen molar-refractivity contribution in [1.82, 2.24) is 10.6 Å². The largest absolute Gasteiger partial charge is 0.480 e. The molecule has 0 fully saturated rings. The monoisotopic (exact) mass is 264 g/mol. The molecule has 0 spiro atoms. The van der Waals surface area contributed by atoms with E-state index < -0.39 is 18.0 Å². The van der Waals surface area contributed by atoms with Gasteiger partial charge in [-0.1, -0.05) is 43.7 Å². The van der Waals surface area contributed by atoms with E-state index in [0.717, 1.165) is 12.0 Å². The van der Waals surface area contributed by atoms with Crippen LogP contribution in [0.5, 0.6) is 0 Å². The van der Waals surface area contributed by atoms with E-state index >= 15 is 0 Å². The summed E-state index contributed by atoms with van der Waals surface area (Å²) < 4.78 is 0. The zero-order valence-corrected chi connectivity index (χ0v) is 11.1. The lowest BCUT2D eigenvalue weighted by atomic mass is 10.1. The Balaban J connectivity index is 2.29. The van der Waals surface area contributed by atoms with Crippen LogP contribution in [0.4, 0.5) is 4.79 Å². The summed E-state index contributed by atoms with van der Waals surface area (Å²) in [4.78, 5) is 22.4. The fourth-order valence-corrected chi connectivity index (χ4v) is 1.72. The molecule has 19 heavy (non-hydrogen) atoms. The summed E-state index contributed by atoms with van der Waals surface area (Å²) in [5.74, 6) is -1.000. The number of carboxylic acid groups (broad SMARTS) is 1. The molecule has 0 saturated heterocycles. The number of rotatable bonds is 7. The van der Waals surface area contributed by atoms with Gasteiger partial charge in [0.25, 0.3) is 0 Å². The van der Waals surface area contributed by atoms with E-state index in [-0.39, 0.29) is 0 Å². The molecular formula is C14H20N2O3. The highest BCUT2D eigenvalue weighted by Crippen LogP contribution is 1.99. The van der Waals surface area contributed by atoms with Crippen LogP contribution in [-0.2, 0) is 11.2 Å². The second kappa shape index (κ2) is 8.13. The van der Waals surface area contributed by atoms with Crippen molar-refractivity contribution in [1.29, 1.82) is 0 Å². The van der Waals surface area contributed by atoms with E-state index in [1.54, 1.807) is 0 Å². The zero-order valence-electron chi connectivity index (χ0n) is 11.1. The maximum absolute atomic E-state index is 11.5. The molecule has 1 rings (SSSR count). The van der Waals surface area contributed by atoms with E-state index in [2.05, 4.69) is 10.6 Å². The Hall–Kier alpha value is -2.04. The van der Waals surface area contributed by atoms with Crippen molar-refractivity contribution in [3.63, 3.8) is 0 Å². The van der Waals surface area contributed by atoms with Gasteiger partial charge in [-0.15, -0.1) is 0 Å². The molecule has 1 aromatic rings. The molecule has 2 amide bonds. The maximum Gasteiger partial charge on any atom is 0.326 e. The number of hydrogen-bond acceptors (Lipinski definition) is 2. The average Bonchev–Trinajstić information content (AvgIpc) is 2.39. The first-order chi connectivity index (χ1) is 9.13. The number of carbonyl (C=O) groups excluding carboxylic acids is 1. The van der Waals surface area contributed by atoms with Crippen molar-refractivity contribution in [2.24, 2.45) is 0 Å². The maximum atomic E-state index is 11.5. The third-order valence-electron chi connectivity index (χ3n) is 2.72. The first-order valence-electron chi connectivity index (χ1n) is 6.44. The van der Waals surface area contributed by atoms with Gasteiger partial charge in [0.05, 0.1) is 0 Å². The summed E-state index contributed by atoms with van der Waals surface area (Å²) in [5, 5.41) is 14.0. The van der Waals surface area contributed by atoms with Gasteiger partial charge in [0.15, 0.2) is 0 Å². The van der Waals surface area contributed by atoms with E-state index in [4.69, 9.17) is 5.11 Å². The van der Waals surface area contributed by atoms with E-state index in [9.17, 15) is 9.59 Å². The highest BCUT2D eigenvalue weighted by atomic mass is 16.4. The number of urea groups is 1. The van der Waals surface area contributed by atoms with Gasteiger partial charge >= 0.3 is 12.0 Å². The van der Waals surface area contributed by atoms with Gasteiger partial charge in [-0.05, 0) is 18.4 Å². The van der Waals surface area contributed by atoms with Crippen LogP contribution in [0.3, 0.4) is 0 Å². The molecule has 0 heterocycles. The van der Waals surface area contributed by atoms with Crippen molar-refractivity contribution >= 4 is 12.0 Å². The Kier molecular flexibility index (Phi) is 6.43. The van der Waals surface area contributed by atoms with Crippen molar-refractivity contribution in [2.45, 2.75) is 32.2 Å². The molecule has 5 heteroatoms. The van der Waals surface area contributed by atoms with Gasteiger partial charge in [0.2, 0.25) is 0 Å². The second-order valence-electron chi connectivity index (χ2n) is 4.32. The number of carboxylic acids is 1. The molecule has 0 aliphatic rings. The third kappa shape index (κ3) is 5.90. The Morgan fingerprint density at radius 3 is 2.53 bits per heavy atom. The molecular weight excluding hydrogens is 244 g/mol. The molecule has 0 unspecified atom stereocenters. The van der Waals surface area contributed by atoms with Gasteiger partial charge in [-0.3, -0.25) is 0 Å². The Labute approximate surface area is 113 Å². The number of hydrogen-bond donors (Lipinski definition) is 3. The Morgan fingerprint density at radius 2 is 1.95 bits per heavy atom. The van der Waals surface area contributed by atoms with Crippen LogP contribution in [0.25, 0.3) is 0 Å². The SMILES string of the molecule is CCC[C@@H](NC(=O)NCCc1ccccc1)C(=O)O. The standard InChI is InChI=1S/C14H20N2O3/c1-2-6-12(13(17)18)16-14(19)15-10-9-11-7-4-3-5-8-11/h3-5,7-8,12H,2,6,9-10H2,1H3,(H,17,18)(H2,15,16,19)/t12-/m1/s1. The number of carbonyl (C=O) groups is 2. The van der Waals surface area contributed by atoms with Crippen LogP contribution < -0.4 is 10.6 Å². The highest BCUT2D eigenvalue weighted by molar-refractivity contribution is 5.82. The van der Waals surface area contributed by atoms with Gasteiger partial charge in [0, 0.05) is 6.54 Å². The molecule has 0 saturated carbocycles. The molecule has 0 aromatic heterocycles. The molecule has 1 atom stereocenters. The van der Waals surface area contributed by atoms with Crippen LogP contribution in [0.2, 0.25) is 0 Å². The number of nitrogens with one attached hydrogen (secondary N) is 2. The minimum atomic E-state index is -1.000. The quantitative estimate of drug-likeness (QED) is 0.702. The van der Waals surface area contributed by atoms with Crippen LogP contribution >= 0.6 is 0 Å². The van der Waals surface area contributed by atoms with Crippen LogP contribution in [0.15, 0.2) is 30.3 Å².